The number of allylic oxidation sites excluding steroid dienone is 2. The molecule has 1 N–H and O–H groups in total. The summed E-state index contributed by atoms with van der Waals surface area (Å²) in [5.41, 5.74) is 1.08. The lowest BCUT2D eigenvalue weighted by Crippen LogP contribution is -2.31. The molecule has 1 amide bonds. The largest absolute Gasteiger partial charge is 0.381 e. The highest BCUT2D eigenvalue weighted by molar-refractivity contribution is 6.43. The van der Waals surface area contributed by atoms with Gasteiger partial charge in [0.05, 0.1) is 6.42 Å². The standard InChI is InChI=1S/C13H16N4O2.C5H10O/c1-5-6-8(2)14-9(3)13(19)15-12-7-11(10(4)18)16-17-12;1-2-4-6-5-3-1/h5-6H,3,7H2,1-2,4H3,(H,15,17,19);1-5H2/b6-5-,14-8?;. The van der Waals surface area contributed by atoms with Gasteiger partial charge in [-0.05, 0) is 39.2 Å². The van der Waals surface area contributed by atoms with E-state index in [0.29, 0.717) is 17.3 Å². The van der Waals surface area contributed by atoms with Gasteiger partial charge in [0.2, 0.25) is 0 Å². The van der Waals surface area contributed by atoms with Crippen LogP contribution in [-0.2, 0) is 14.3 Å². The van der Waals surface area contributed by atoms with Crippen LogP contribution in [0.4, 0.5) is 0 Å². The third kappa shape index (κ3) is 8.30. The Hall–Kier alpha value is -2.41. The van der Waals surface area contributed by atoms with E-state index in [1.807, 2.05) is 13.0 Å². The topological polar surface area (TPSA) is 92.5 Å². The molecule has 25 heavy (non-hydrogen) atoms. The van der Waals surface area contributed by atoms with Crippen molar-refractivity contribution in [1.82, 2.24) is 5.32 Å². The lowest BCUT2D eigenvalue weighted by atomic mass is 10.2. The molecule has 7 heteroatoms. The van der Waals surface area contributed by atoms with E-state index in [0.717, 1.165) is 13.2 Å². The van der Waals surface area contributed by atoms with E-state index >= 15 is 0 Å². The molecule has 2 rings (SSSR count). The Balaban J connectivity index is 0.000000435. The number of ether oxygens (including phenoxy) is 1. The number of nitrogens with one attached hydrogen (secondary N) is 1. The van der Waals surface area contributed by atoms with Crippen molar-refractivity contribution in [3.05, 3.63) is 24.4 Å². The van der Waals surface area contributed by atoms with Crippen LogP contribution in [0.25, 0.3) is 0 Å². The first kappa shape index (κ1) is 20.6. The summed E-state index contributed by atoms with van der Waals surface area (Å²) in [6.07, 6.45) is 7.74. The number of amides is 1. The normalized spacial score (nSPS) is 17.3. The first-order chi connectivity index (χ1) is 11.9. The third-order valence-corrected chi connectivity index (χ3v) is 3.35. The van der Waals surface area contributed by atoms with Gasteiger partial charge in [-0.2, -0.15) is 0 Å². The van der Waals surface area contributed by atoms with Crippen molar-refractivity contribution in [3.8, 4) is 0 Å². The predicted molar refractivity (Wildman–Crippen MR) is 100 cm³/mol. The summed E-state index contributed by atoms with van der Waals surface area (Å²) < 4.78 is 5.07. The average Bonchev–Trinajstić information content (AvgIpc) is 3.06. The molecule has 1 saturated heterocycles. The SMILES string of the molecule is C1CCOCC1.C=C(N=C(C)/C=C\C)C(=O)NC1=NN=C(C(C)=O)C1. The van der Waals surface area contributed by atoms with Gasteiger partial charge < -0.3 is 10.1 Å². The van der Waals surface area contributed by atoms with E-state index in [1.54, 1.807) is 13.0 Å². The summed E-state index contributed by atoms with van der Waals surface area (Å²) in [6, 6.07) is 0. The van der Waals surface area contributed by atoms with E-state index in [1.165, 1.54) is 26.2 Å². The fraction of sp³-hybridized carbons (Fsp3) is 0.500. The predicted octanol–water partition coefficient (Wildman–Crippen LogP) is 2.59. The molecule has 7 nitrogen and oxygen atoms in total. The molecular weight excluding hydrogens is 320 g/mol. The summed E-state index contributed by atoms with van der Waals surface area (Å²) >= 11 is 0. The second-order valence-electron chi connectivity index (χ2n) is 5.65. The van der Waals surface area contributed by atoms with Crippen LogP contribution in [-0.4, -0.2) is 42.2 Å². The van der Waals surface area contributed by atoms with Crippen molar-refractivity contribution in [2.24, 2.45) is 15.2 Å². The van der Waals surface area contributed by atoms with Crippen molar-refractivity contribution >= 4 is 28.9 Å². The number of ketones is 1. The lowest BCUT2D eigenvalue weighted by molar-refractivity contribution is -0.116. The molecule has 0 spiro atoms. The molecule has 2 aliphatic heterocycles. The van der Waals surface area contributed by atoms with Gasteiger partial charge in [-0.3, -0.25) is 9.59 Å². The van der Waals surface area contributed by atoms with E-state index in [-0.39, 0.29) is 17.9 Å². The van der Waals surface area contributed by atoms with Gasteiger partial charge >= 0.3 is 0 Å². The number of Topliss-reactive ketones (excluding diaryl/α,β-unsaturated/α-hetero) is 1. The van der Waals surface area contributed by atoms with E-state index in [2.05, 4.69) is 27.1 Å². The quantitative estimate of drug-likeness (QED) is 0.626. The Bertz CT molecular complexity index is 615. The molecule has 0 aliphatic carbocycles. The number of nitrogens with zero attached hydrogens (tertiary/aromatic N) is 3. The van der Waals surface area contributed by atoms with Gasteiger partial charge in [0.1, 0.15) is 17.2 Å². The zero-order chi connectivity index (χ0) is 18.7. The Labute approximate surface area is 148 Å². The Morgan fingerprint density at radius 2 is 1.88 bits per heavy atom. The van der Waals surface area contributed by atoms with Gasteiger partial charge in [0.15, 0.2) is 5.78 Å². The minimum Gasteiger partial charge on any atom is -0.381 e. The molecule has 0 aromatic heterocycles. The van der Waals surface area contributed by atoms with Crippen molar-refractivity contribution in [1.29, 1.82) is 0 Å². The highest BCUT2D eigenvalue weighted by Crippen LogP contribution is 2.03. The molecule has 136 valence electrons. The summed E-state index contributed by atoms with van der Waals surface area (Å²) in [7, 11) is 0. The number of carbonyl (C=O) groups is 2. The van der Waals surface area contributed by atoms with Crippen molar-refractivity contribution in [3.63, 3.8) is 0 Å². The van der Waals surface area contributed by atoms with E-state index in [9.17, 15) is 9.59 Å². The van der Waals surface area contributed by atoms with Gasteiger partial charge in [-0.1, -0.05) is 12.7 Å². The smallest absolute Gasteiger partial charge is 0.274 e. The minimum absolute atomic E-state index is 0.0783. The first-order valence-electron chi connectivity index (χ1n) is 8.34. The molecule has 0 bridgehead atoms. The van der Waals surface area contributed by atoms with Crippen LogP contribution >= 0.6 is 0 Å². The van der Waals surface area contributed by atoms with Gasteiger partial charge in [0, 0.05) is 25.8 Å². The van der Waals surface area contributed by atoms with Gasteiger partial charge in [-0.15, -0.1) is 10.2 Å². The van der Waals surface area contributed by atoms with Gasteiger partial charge in [0.25, 0.3) is 5.91 Å². The van der Waals surface area contributed by atoms with Gasteiger partial charge in [-0.25, -0.2) is 4.99 Å². The number of carbonyl (C=O) groups excluding carboxylic acids is 2. The molecule has 0 unspecified atom stereocenters. The fourth-order valence-corrected chi connectivity index (χ4v) is 2.05. The first-order valence-corrected chi connectivity index (χ1v) is 8.34. The molecule has 2 aliphatic rings. The summed E-state index contributed by atoms with van der Waals surface area (Å²) in [5.74, 6) is -0.286. The molecular formula is C18H26N4O3. The van der Waals surface area contributed by atoms with Crippen LogP contribution in [0.5, 0.6) is 0 Å². The third-order valence-electron chi connectivity index (χ3n) is 3.35. The maximum Gasteiger partial charge on any atom is 0.274 e. The van der Waals surface area contributed by atoms with Crippen LogP contribution in [0.3, 0.4) is 0 Å². The summed E-state index contributed by atoms with van der Waals surface area (Å²) in [5, 5.41) is 9.93. The van der Waals surface area contributed by atoms with Crippen molar-refractivity contribution < 1.29 is 14.3 Å². The fourth-order valence-electron chi connectivity index (χ4n) is 2.05. The van der Waals surface area contributed by atoms with Crippen LogP contribution in [0.15, 0.2) is 39.6 Å². The Kier molecular flexibility index (Phi) is 9.24. The minimum atomic E-state index is -0.456. The zero-order valence-electron chi connectivity index (χ0n) is 15.2. The maximum atomic E-state index is 11.8. The van der Waals surface area contributed by atoms with E-state index in [4.69, 9.17) is 4.74 Å². The number of amidine groups is 1. The maximum absolute atomic E-state index is 11.8. The Morgan fingerprint density at radius 1 is 1.20 bits per heavy atom. The number of hydrogen-bond acceptors (Lipinski definition) is 6. The molecule has 0 aromatic rings. The molecule has 1 fully saturated rings. The molecule has 2 heterocycles. The molecule has 0 saturated carbocycles. The molecule has 0 atom stereocenters. The second kappa shape index (κ2) is 11.2. The van der Waals surface area contributed by atoms with Crippen LogP contribution in [0.1, 0.15) is 46.5 Å². The molecule has 0 radical (unpaired) electrons. The second-order valence-corrected chi connectivity index (χ2v) is 5.65. The molecule has 0 aromatic carbocycles. The number of rotatable bonds is 4. The van der Waals surface area contributed by atoms with E-state index < -0.39 is 5.91 Å². The zero-order valence-corrected chi connectivity index (χ0v) is 15.2. The van der Waals surface area contributed by atoms with Crippen LogP contribution in [0.2, 0.25) is 0 Å². The summed E-state index contributed by atoms with van der Waals surface area (Å²) in [6.45, 7) is 10.6. The van der Waals surface area contributed by atoms with Crippen molar-refractivity contribution in [2.75, 3.05) is 13.2 Å². The highest BCUT2D eigenvalue weighted by atomic mass is 16.5. The van der Waals surface area contributed by atoms with Crippen molar-refractivity contribution in [2.45, 2.75) is 46.5 Å². The number of aliphatic imine (C=N–C) groups is 1. The van der Waals surface area contributed by atoms with Crippen LogP contribution < -0.4 is 5.32 Å². The highest BCUT2D eigenvalue weighted by Gasteiger charge is 2.18. The monoisotopic (exact) mass is 346 g/mol. The van der Waals surface area contributed by atoms with Crippen LogP contribution in [0, 0.1) is 0 Å². The average molecular weight is 346 g/mol. The summed E-state index contributed by atoms with van der Waals surface area (Å²) in [4.78, 5) is 26.8. The number of hydrogen-bond donors (Lipinski definition) is 1. The lowest BCUT2D eigenvalue weighted by Gasteiger charge is -2.08. The Morgan fingerprint density at radius 3 is 2.32 bits per heavy atom.